The second-order valence-electron chi connectivity index (χ2n) is 6.59. The van der Waals surface area contributed by atoms with Crippen LogP contribution in [-0.2, 0) is 6.54 Å². The topological polar surface area (TPSA) is 25.6 Å². The van der Waals surface area contributed by atoms with Crippen LogP contribution in [0.2, 0.25) is 0 Å². The van der Waals surface area contributed by atoms with Crippen LogP contribution in [0.1, 0.15) is 19.5 Å². The molecule has 4 nitrogen and oxygen atoms in total. The third-order valence-corrected chi connectivity index (χ3v) is 7.45. The number of hydrogen-bond acceptors (Lipinski definition) is 3. The zero-order chi connectivity index (χ0) is 19.7. The number of hydrogen-bond donors (Lipinski definition) is 0. The first-order valence-corrected chi connectivity index (χ1v) is 11.3. The molecule has 1 aliphatic rings. The fourth-order valence-corrected chi connectivity index (χ4v) is 6.11. The van der Waals surface area contributed by atoms with Crippen LogP contribution in [0.25, 0.3) is 17.0 Å². The minimum Gasteiger partial charge on any atom is -1.00 e. The van der Waals surface area contributed by atoms with Gasteiger partial charge in [0, 0.05) is 0 Å². The molecular formula is C23H25IN2O2Se. The molecule has 0 atom stereocenters. The Balaban J connectivity index is 0.00000240. The third-order valence-electron chi connectivity index (χ3n) is 5.11. The van der Waals surface area contributed by atoms with Crippen LogP contribution in [0.3, 0.4) is 0 Å². The summed E-state index contributed by atoms with van der Waals surface area (Å²) in [4.78, 5) is 2.41. The number of aromatic nitrogens is 1. The number of fused-ring (bicyclic) bond motifs is 2. The van der Waals surface area contributed by atoms with E-state index in [1.165, 1.54) is 31.3 Å². The zero-order valence-corrected chi connectivity index (χ0v) is 21.0. The van der Waals surface area contributed by atoms with Crippen LogP contribution in [0, 0.1) is 0 Å². The zero-order valence-electron chi connectivity index (χ0n) is 17.1. The van der Waals surface area contributed by atoms with Crippen LogP contribution in [-0.4, -0.2) is 35.7 Å². The quantitative estimate of drug-likeness (QED) is 0.253. The number of anilines is 1. The minimum absolute atomic E-state index is 0. The molecule has 0 saturated heterocycles. The van der Waals surface area contributed by atoms with Gasteiger partial charge in [0.25, 0.3) is 0 Å². The number of rotatable bonds is 5. The first kappa shape index (κ1) is 21.9. The molecule has 1 aromatic heterocycles. The van der Waals surface area contributed by atoms with Crippen LogP contribution < -0.4 is 47.4 Å². The number of methoxy groups -OCH3 is 2. The van der Waals surface area contributed by atoms with E-state index in [9.17, 15) is 0 Å². The van der Waals surface area contributed by atoms with Gasteiger partial charge in [-0.15, -0.1) is 0 Å². The maximum Gasteiger partial charge on any atom is -1.00 e. The van der Waals surface area contributed by atoms with E-state index in [1.54, 1.807) is 14.2 Å². The average molecular weight is 567 g/mol. The maximum absolute atomic E-state index is 5.44. The number of benzene rings is 2. The van der Waals surface area contributed by atoms with Crippen molar-refractivity contribution in [3.05, 3.63) is 58.8 Å². The summed E-state index contributed by atoms with van der Waals surface area (Å²) in [6, 6.07) is 17.1. The van der Waals surface area contributed by atoms with Gasteiger partial charge < -0.3 is 24.0 Å². The van der Waals surface area contributed by atoms with Crippen molar-refractivity contribution in [2.45, 2.75) is 20.4 Å². The Hall–Kier alpha value is -1.76. The summed E-state index contributed by atoms with van der Waals surface area (Å²) in [5.41, 5.74) is 3.74. The molecule has 2 aromatic carbocycles. The summed E-state index contributed by atoms with van der Waals surface area (Å²) in [6.45, 7) is 6.27. The molecule has 0 bridgehead atoms. The molecule has 152 valence electrons. The Morgan fingerprint density at radius 1 is 0.966 bits per heavy atom. The first-order chi connectivity index (χ1) is 13.7. The summed E-state index contributed by atoms with van der Waals surface area (Å²) in [6.07, 6.45) is 2.35. The van der Waals surface area contributed by atoms with E-state index in [4.69, 9.17) is 9.47 Å². The summed E-state index contributed by atoms with van der Waals surface area (Å²) in [5, 5.41) is 1.20. The molecular weight excluding hydrogens is 542 g/mol. The van der Waals surface area contributed by atoms with Crippen LogP contribution in [0.5, 0.6) is 11.5 Å². The number of aryl methyl sites for hydroxylation is 1. The van der Waals surface area contributed by atoms with Gasteiger partial charge in [0.1, 0.15) is 0 Å². The molecule has 0 unspecified atom stereocenters. The van der Waals surface area contributed by atoms with E-state index >= 15 is 0 Å². The molecule has 0 fully saturated rings. The molecule has 0 radical (unpaired) electrons. The van der Waals surface area contributed by atoms with Crippen molar-refractivity contribution in [2.75, 3.05) is 25.7 Å². The predicted octanol–water partition coefficient (Wildman–Crippen LogP) is 0.336. The SMILES string of the molecule is CCN1C(=Cc2ccc3cc(OC)ccc3[n+]2CC)[Se]c2ccc(OC)cc21.[I-]. The fourth-order valence-electron chi connectivity index (χ4n) is 3.69. The molecule has 29 heavy (non-hydrogen) atoms. The smallest absolute Gasteiger partial charge is 1.00 e. The standard InChI is InChI=1S/C23H25N2O2Se.HI/c1-5-24-17(8-7-16-13-18(26-3)9-11-20(16)24)14-23-25(6-2)21-15-19(27-4)10-12-22(21)28-23;/h7-15H,5-6H2,1-4H3;1H/q+1;/p-1. The van der Waals surface area contributed by atoms with Crippen molar-refractivity contribution in [3.8, 4) is 11.5 Å². The van der Waals surface area contributed by atoms with Crippen LogP contribution in [0.15, 0.2) is 53.1 Å². The molecule has 0 aliphatic carbocycles. The number of pyridine rings is 1. The van der Waals surface area contributed by atoms with Crippen molar-refractivity contribution in [3.63, 3.8) is 0 Å². The van der Waals surface area contributed by atoms with Crippen molar-refractivity contribution >= 4 is 42.1 Å². The van der Waals surface area contributed by atoms with Gasteiger partial charge in [0.05, 0.1) is 0 Å². The molecule has 0 amide bonds. The van der Waals surface area contributed by atoms with Crippen molar-refractivity contribution in [2.24, 2.45) is 0 Å². The molecule has 0 saturated carbocycles. The Kier molecular flexibility index (Phi) is 7.09. The van der Waals surface area contributed by atoms with Crippen molar-refractivity contribution in [1.82, 2.24) is 0 Å². The monoisotopic (exact) mass is 568 g/mol. The third kappa shape index (κ3) is 4.11. The van der Waals surface area contributed by atoms with Gasteiger partial charge in [-0.3, -0.25) is 0 Å². The van der Waals surface area contributed by atoms with Gasteiger partial charge in [-0.05, 0) is 0 Å². The van der Waals surface area contributed by atoms with Gasteiger partial charge in [-0.25, -0.2) is 0 Å². The maximum atomic E-state index is 5.44. The molecule has 6 heteroatoms. The van der Waals surface area contributed by atoms with E-state index in [0.29, 0.717) is 0 Å². The minimum atomic E-state index is 0. The number of nitrogens with zero attached hydrogens (tertiary/aromatic N) is 2. The summed E-state index contributed by atoms with van der Waals surface area (Å²) >= 11 is 0.290. The Morgan fingerprint density at radius 3 is 2.38 bits per heavy atom. The van der Waals surface area contributed by atoms with E-state index in [0.717, 1.165) is 24.6 Å². The molecule has 0 spiro atoms. The largest absolute Gasteiger partial charge is 1.00 e. The van der Waals surface area contributed by atoms with E-state index in [-0.39, 0.29) is 38.9 Å². The summed E-state index contributed by atoms with van der Waals surface area (Å²) in [7, 11) is 3.44. The molecule has 2 heterocycles. The Labute approximate surface area is 195 Å². The average Bonchev–Trinajstić information content (AvgIpc) is 3.09. The Morgan fingerprint density at radius 2 is 1.69 bits per heavy atom. The molecule has 1 aliphatic heterocycles. The van der Waals surface area contributed by atoms with Crippen LogP contribution >= 0.6 is 0 Å². The summed E-state index contributed by atoms with van der Waals surface area (Å²) < 4.78 is 16.0. The first-order valence-electron chi connectivity index (χ1n) is 9.54. The number of ether oxygens (including phenoxy) is 2. The fraction of sp³-hybridized carbons (Fsp3) is 0.261. The van der Waals surface area contributed by atoms with Gasteiger partial charge in [-0.2, -0.15) is 0 Å². The van der Waals surface area contributed by atoms with Gasteiger partial charge in [-0.1, -0.05) is 0 Å². The van der Waals surface area contributed by atoms with Gasteiger partial charge in [0.15, 0.2) is 0 Å². The van der Waals surface area contributed by atoms with Gasteiger partial charge in [0.2, 0.25) is 0 Å². The molecule has 4 rings (SSSR count). The second-order valence-corrected chi connectivity index (χ2v) is 8.82. The number of halogens is 1. The second kappa shape index (κ2) is 9.37. The van der Waals surface area contributed by atoms with E-state index in [1.807, 2.05) is 6.07 Å². The normalized spacial score (nSPS) is 14.1. The Bertz CT molecular complexity index is 1070. The predicted molar refractivity (Wildman–Crippen MR) is 116 cm³/mol. The van der Waals surface area contributed by atoms with Gasteiger partial charge >= 0.3 is 173 Å². The van der Waals surface area contributed by atoms with Crippen LogP contribution in [0.4, 0.5) is 5.69 Å². The molecule has 3 aromatic rings. The van der Waals surface area contributed by atoms with E-state index < -0.39 is 0 Å². The summed E-state index contributed by atoms with van der Waals surface area (Å²) in [5.74, 6) is 1.81. The van der Waals surface area contributed by atoms with Crippen molar-refractivity contribution in [1.29, 1.82) is 0 Å². The van der Waals surface area contributed by atoms with E-state index in [2.05, 4.69) is 71.9 Å². The molecule has 0 N–H and O–H groups in total. The van der Waals surface area contributed by atoms with Crippen molar-refractivity contribution < 1.29 is 38.0 Å².